The molecule has 2 aromatic carbocycles. The number of H-pyrrole nitrogens is 1. The number of ketones is 1. The first-order valence-electron chi connectivity index (χ1n) is 10.5. The third-order valence-electron chi connectivity index (χ3n) is 5.58. The van der Waals surface area contributed by atoms with Crippen molar-refractivity contribution in [2.24, 2.45) is 0 Å². The first kappa shape index (κ1) is 20.3. The van der Waals surface area contributed by atoms with Gasteiger partial charge in [-0.15, -0.1) is 0 Å². The van der Waals surface area contributed by atoms with Gasteiger partial charge in [-0.25, -0.2) is 4.98 Å². The summed E-state index contributed by atoms with van der Waals surface area (Å²) in [6.45, 7) is 9.61. The Kier molecular flexibility index (Phi) is 5.69. The zero-order valence-corrected chi connectivity index (χ0v) is 17.9. The topological polar surface area (TPSA) is 43.7 Å². The minimum absolute atomic E-state index is 0.0107. The molecule has 0 saturated carbocycles. The van der Waals surface area contributed by atoms with Gasteiger partial charge in [-0.2, -0.15) is 0 Å². The fraction of sp³-hybridized carbons (Fsp3) is 0.308. The molecule has 1 aliphatic rings. The fourth-order valence-electron chi connectivity index (χ4n) is 3.74. The molecule has 4 rings (SSSR count). The van der Waals surface area contributed by atoms with Gasteiger partial charge in [0.1, 0.15) is 18.6 Å². The highest BCUT2D eigenvalue weighted by Gasteiger charge is 2.23. The minimum Gasteiger partial charge on any atom is -0.373 e. The number of aromatic amines is 1. The van der Waals surface area contributed by atoms with Gasteiger partial charge in [-0.1, -0.05) is 63.2 Å². The van der Waals surface area contributed by atoms with Crippen LogP contribution in [0.2, 0.25) is 0 Å². The van der Waals surface area contributed by atoms with Crippen LogP contribution in [-0.2, 0) is 10.2 Å². The van der Waals surface area contributed by atoms with E-state index in [0.29, 0.717) is 18.8 Å². The van der Waals surface area contributed by atoms with E-state index in [-0.39, 0.29) is 11.2 Å². The average molecular weight is 402 g/mol. The Morgan fingerprint density at radius 2 is 1.73 bits per heavy atom. The molecule has 1 fully saturated rings. The molecule has 0 spiro atoms. The number of anilines is 1. The molecule has 1 aromatic heterocycles. The van der Waals surface area contributed by atoms with E-state index in [1.807, 2.05) is 42.5 Å². The van der Waals surface area contributed by atoms with Gasteiger partial charge in [0.05, 0.1) is 18.8 Å². The monoisotopic (exact) mass is 401 g/mol. The van der Waals surface area contributed by atoms with E-state index < -0.39 is 0 Å². The van der Waals surface area contributed by atoms with Gasteiger partial charge in [-0.05, 0) is 35.3 Å². The van der Waals surface area contributed by atoms with E-state index in [4.69, 9.17) is 4.74 Å². The predicted octanol–water partition coefficient (Wildman–Crippen LogP) is 4.68. The van der Waals surface area contributed by atoms with Crippen molar-refractivity contribution in [3.05, 3.63) is 77.4 Å². The van der Waals surface area contributed by atoms with Crippen molar-refractivity contribution < 1.29 is 14.5 Å². The standard InChI is InChI=1S/C26H28N2O2/c1-26(2,3)22-11-8-19(9-12-22)24(29)13-10-21-18-20-6-4-5-7-23(20)27-25(21)28-14-16-30-17-15-28/h4-13,18H,14-17H2,1-3H3/p+1/b13-10+. The second-order valence-electron chi connectivity index (χ2n) is 8.78. The number of carbonyl (C=O) groups is 1. The van der Waals surface area contributed by atoms with Gasteiger partial charge < -0.3 is 4.74 Å². The number of carbonyl (C=O) groups excluding carboxylic acids is 1. The Bertz CT molecular complexity index is 1070. The van der Waals surface area contributed by atoms with E-state index in [0.717, 1.165) is 35.4 Å². The number of hydrogen-bond donors (Lipinski definition) is 0. The Balaban J connectivity index is 1.64. The maximum Gasteiger partial charge on any atom is 0.282 e. The Morgan fingerprint density at radius 1 is 1.03 bits per heavy atom. The Labute approximate surface area is 178 Å². The molecular formula is C26H29N2O2+. The largest absolute Gasteiger partial charge is 0.373 e. The van der Waals surface area contributed by atoms with Crippen LogP contribution in [-0.4, -0.2) is 32.1 Å². The molecule has 0 bridgehead atoms. The molecule has 0 atom stereocenters. The zero-order chi connectivity index (χ0) is 21.1. The number of aromatic nitrogens is 1. The molecule has 0 radical (unpaired) electrons. The lowest BCUT2D eigenvalue weighted by molar-refractivity contribution is -0.331. The van der Waals surface area contributed by atoms with Gasteiger partial charge in [0.15, 0.2) is 5.78 Å². The number of ether oxygens (including phenoxy) is 1. The van der Waals surface area contributed by atoms with Crippen LogP contribution in [0.5, 0.6) is 0 Å². The molecule has 0 amide bonds. The number of nitrogens with zero attached hydrogens (tertiary/aromatic N) is 1. The van der Waals surface area contributed by atoms with E-state index >= 15 is 0 Å². The highest BCUT2D eigenvalue weighted by atomic mass is 16.5. The summed E-state index contributed by atoms with van der Waals surface area (Å²) in [4.78, 5) is 18.6. The van der Waals surface area contributed by atoms with Crippen LogP contribution in [0, 0.1) is 0 Å². The highest BCUT2D eigenvalue weighted by Crippen LogP contribution is 2.24. The molecular weight excluding hydrogens is 372 g/mol. The van der Waals surface area contributed by atoms with Crippen molar-refractivity contribution in [1.82, 2.24) is 0 Å². The number of morpholine rings is 1. The Hall–Kier alpha value is -2.98. The summed E-state index contributed by atoms with van der Waals surface area (Å²) in [5.41, 5.74) is 4.10. The van der Waals surface area contributed by atoms with E-state index in [1.54, 1.807) is 6.08 Å². The second kappa shape index (κ2) is 8.41. The molecule has 154 valence electrons. The number of para-hydroxylation sites is 1. The molecule has 30 heavy (non-hydrogen) atoms. The summed E-state index contributed by atoms with van der Waals surface area (Å²) < 4.78 is 5.51. The third kappa shape index (κ3) is 4.44. The summed E-state index contributed by atoms with van der Waals surface area (Å²) >= 11 is 0. The van der Waals surface area contributed by atoms with Crippen molar-refractivity contribution in [3.8, 4) is 0 Å². The van der Waals surface area contributed by atoms with Crippen LogP contribution in [0.3, 0.4) is 0 Å². The lowest BCUT2D eigenvalue weighted by atomic mass is 9.86. The van der Waals surface area contributed by atoms with E-state index in [2.05, 4.69) is 48.9 Å². The maximum atomic E-state index is 12.8. The van der Waals surface area contributed by atoms with Gasteiger partial charge in [0.25, 0.3) is 5.82 Å². The highest BCUT2D eigenvalue weighted by molar-refractivity contribution is 6.07. The number of nitrogens with one attached hydrogen (secondary N) is 1. The van der Waals surface area contributed by atoms with Crippen LogP contribution >= 0.6 is 0 Å². The molecule has 4 nitrogen and oxygen atoms in total. The number of allylic oxidation sites excluding steroid dienone is 1. The molecule has 2 heterocycles. The first-order chi connectivity index (χ1) is 14.4. The van der Waals surface area contributed by atoms with Crippen molar-refractivity contribution in [1.29, 1.82) is 0 Å². The second-order valence-corrected chi connectivity index (χ2v) is 8.78. The molecule has 3 aromatic rings. The Morgan fingerprint density at radius 3 is 2.43 bits per heavy atom. The van der Waals surface area contributed by atoms with Crippen molar-refractivity contribution >= 4 is 28.6 Å². The van der Waals surface area contributed by atoms with E-state index in [1.165, 1.54) is 5.56 Å². The molecule has 1 saturated heterocycles. The number of hydrogen-bond acceptors (Lipinski definition) is 3. The summed E-state index contributed by atoms with van der Waals surface area (Å²) in [7, 11) is 0. The van der Waals surface area contributed by atoms with Crippen LogP contribution < -0.4 is 9.88 Å². The lowest BCUT2D eigenvalue weighted by Gasteiger charge is -2.22. The van der Waals surface area contributed by atoms with Crippen LogP contribution in [0.25, 0.3) is 17.0 Å². The van der Waals surface area contributed by atoms with Crippen LogP contribution in [0.1, 0.15) is 42.3 Å². The number of benzene rings is 2. The summed E-state index contributed by atoms with van der Waals surface area (Å²) in [6.07, 6.45) is 3.60. The minimum atomic E-state index is 0.0107. The predicted molar refractivity (Wildman–Crippen MR) is 122 cm³/mol. The summed E-state index contributed by atoms with van der Waals surface area (Å²) in [5, 5.41) is 1.12. The molecule has 0 unspecified atom stereocenters. The summed E-state index contributed by atoms with van der Waals surface area (Å²) in [6, 6.07) is 18.3. The number of fused-ring (bicyclic) bond motifs is 1. The number of rotatable bonds is 4. The van der Waals surface area contributed by atoms with Crippen LogP contribution in [0.4, 0.5) is 5.82 Å². The molecule has 1 N–H and O–H groups in total. The smallest absolute Gasteiger partial charge is 0.282 e. The third-order valence-corrected chi connectivity index (χ3v) is 5.58. The maximum absolute atomic E-state index is 12.8. The SMILES string of the molecule is CC(C)(C)c1ccc(C(=O)/C=C/c2cc3ccccc3[nH+]c2N2CCOCC2)cc1. The molecule has 0 aliphatic carbocycles. The lowest BCUT2D eigenvalue weighted by Crippen LogP contribution is -2.40. The van der Waals surface area contributed by atoms with E-state index in [9.17, 15) is 4.79 Å². The van der Waals surface area contributed by atoms with Gasteiger partial charge in [0, 0.05) is 10.9 Å². The van der Waals surface area contributed by atoms with Crippen molar-refractivity contribution in [3.63, 3.8) is 0 Å². The molecule has 1 aliphatic heterocycles. The number of pyridine rings is 1. The van der Waals surface area contributed by atoms with Gasteiger partial charge in [0.2, 0.25) is 0 Å². The van der Waals surface area contributed by atoms with Gasteiger partial charge in [-0.3, -0.25) is 9.69 Å². The quantitative estimate of drug-likeness (QED) is 0.471. The normalized spacial score (nSPS) is 15.1. The molecule has 4 heteroatoms. The van der Waals surface area contributed by atoms with Crippen molar-refractivity contribution in [2.75, 3.05) is 31.2 Å². The van der Waals surface area contributed by atoms with Gasteiger partial charge >= 0.3 is 0 Å². The average Bonchev–Trinajstić information content (AvgIpc) is 2.77. The first-order valence-corrected chi connectivity index (χ1v) is 10.5. The van der Waals surface area contributed by atoms with Crippen molar-refractivity contribution in [2.45, 2.75) is 26.2 Å². The zero-order valence-electron chi connectivity index (χ0n) is 17.9. The fourth-order valence-corrected chi connectivity index (χ4v) is 3.74. The summed E-state index contributed by atoms with van der Waals surface area (Å²) in [5.74, 6) is 1.04. The van der Waals surface area contributed by atoms with Crippen LogP contribution in [0.15, 0.2) is 60.7 Å².